The zero-order valence-electron chi connectivity index (χ0n) is 8.59. The summed E-state index contributed by atoms with van der Waals surface area (Å²) in [5.41, 5.74) is 1.58. The summed E-state index contributed by atoms with van der Waals surface area (Å²) < 4.78 is 24.6. The van der Waals surface area contributed by atoms with Gasteiger partial charge in [0.05, 0.1) is 17.8 Å². The highest BCUT2D eigenvalue weighted by molar-refractivity contribution is 9.10. The van der Waals surface area contributed by atoms with E-state index in [1.54, 1.807) is 4.68 Å². The molecule has 0 unspecified atom stereocenters. The third-order valence-corrected chi connectivity index (χ3v) is 3.73. The summed E-state index contributed by atoms with van der Waals surface area (Å²) in [5.74, 6) is 0.0674. The van der Waals surface area contributed by atoms with Crippen LogP contribution in [0.3, 0.4) is 0 Å². The van der Waals surface area contributed by atoms with Crippen LogP contribution in [-0.4, -0.2) is 35.4 Å². The molecule has 86 valence electrons. The van der Waals surface area contributed by atoms with E-state index in [0.717, 1.165) is 15.5 Å². The lowest BCUT2D eigenvalue weighted by Crippen LogP contribution is -2.12. The molecule has 0 aliphatic carbocycles. The summed E-state index contributed by atoms with van der Waals surface area (Å²) >= 11 is 3.37. The van der Waals surface area contributed by atoms with Crippen LogP contribution in [0.5, 0.6) is 0 Å². The quantitative estimate of drug-likeness (QED) is 0.856. The minimum absolute atomic E-state index is 0.0674. The van der Waals surface area contributed by atoms with Crippen LogP contribution in [0.4, 0.5) is 0 Å². The maximum atomic E-state index is 11.1. The Morgan fingerprint density at radius 1 is 1.44 bits per heavy atom. The van der Waals surface area contributed by atoms with Gasteiger partial charge in [-0.15, -0.1) is 5.10 Å². The van der Waals surface area contributed by atoms with Crippen LogP contribution in [0.1, 0.15) is 0 Å². The van der Waals surface area contributed by atoms with Crippen molar-refractivity contribution in [3.63, 3.8) is 0 Å². The minimum Gasteiger partial charge on any atom is -0.244 e. The van der Waals surface area contributed by atoms with Crippen LogP contribution < -0.4 is 0 Å². The topological polar surface area (TPSA) is 64.8 Å². The monoisotopic (exact) mass is 303 g/mol. The second kappa shape index (κ2) is 4.14. The zero-order valence-corrected chi connectivity index (χ0v) is 11.0. The Morgan fingerprint density at radius 2 is 2.19 bits per heavy atom. The number of halogens is 1. The Balaban J connectivity index is 2.36. The number of rotatable bonds is 3. The van der Waals surface area contributed by atoms with Gasteiger partial charge in [0.1, 0.15) is 15.4 Å². The SMILES string of the molecule is CS(=O)(=O)CCn1nnc2c(Br)cccc21. The maximum Gasteiger partial charge on any atom is 0.149 e. The van der Waals surface area contributed by atoms with Gasteiger partial charge < -0.3 is 0 Å². The summed E-state index contributed by atoms with van der Waals surface area (Å²) in [5, 5.41) is 7.92. The summed E-state index contributed by atoms with van der Waals surface area (Å²) in [7, 11) is -2.98. The van der Waals surface area contributed by atoms with Gasteiger partial charge in [0.15, 0.2) is 0 Å². The fourth-order valence-corrected chi connectivity index (χ4v) is 2.32. The maximum absolute atomic E-state index is 11.1. The van der Waals surface area contributed by atoms with Gasteiger partial charge in [0, 0.05) is 10.7 Å². The van der Waals surface area contributed by atoms with Crippen LogP contribution in [0.2, 0.25) is 0 Å². The van der Waals surface area contributed by atoms with E-state index < -0.39 is 9.84 Å². The Kier molecular flexibility index (Phi) is 2.98. The molecule has 0 aliphatic heterocycles. The molecule has 0 spiro atoms. The predicted octanol–water partition coefficient (Wildman–Crippen LogP) is 1.24. The van der Waals surface area contributed by atoms with Crippen molar-refractivity contribution in [2.75, 3.05) is 12.0 Å². The lowest BCUT2D eigenvalue weighted by molar-refractivity contribution is 0.585. The number of aryl methyl sites for hydroxylation is 1. The third-order valence-electron chi connectivity index (χ3n) is 2.17. The number of sulfone groups is 1. The van der Waals surface area contributed by atoms with E-state index in [4.69, 9.17) is 0 Å². The largest absolute Gasteiger partial charge is 0.244 e. The van der Waals surface area contributed by atoms with Crippen molar-refractivity contribution in [3.8, 4) is 0 Å². The fraction of sp³-hybridized carbons (Fsp3) is 0.333. The first-order valence-electron chi connectivity index (χ1n) is 4.63. The molecule has 0 bridgehead atoms. The molecule has 0 fully saturated rings. The van der Waals surface area contributed by atoms with Crippen LogP contribution >= 0.6 is 15.9 Å². The average molecular weight is 304 g/mol. The molecule has 0 N–H and O–H groups in total. The molecular weight excluding hydrogens is 294 g/mol. The first kappa shape index (κ1) is 11.5. The number of hydrogen-bond donors (Lipinski definition) is 0. The van der Waals surface area contributed by atoms with Crippen LogP contribution in [0.15, 0.2) is 22.7 Å². The van der Waals surface area contributed by atoms with E-state index in [9.17, 15) is 8.42 Å². The molecule has 0 saturated heterocycles. The Hall–Kier alpha value is -0.950. The molecule has 1 aromatic carbocycles. The van der Waals surface area contributed by atoms with E-state index in [-0.39, 0.29) is 5.75 Å². The lowest BCUT2D eigenvalue weighted by atomic mass is 10.3. The molecule has 2 aromatic rings. The second-order valence-corrected chi connectivity index (χ2v) is 6.66. The fourth-order valence-electron chi connectivity index (χ4n) is 1.38. The summed E-state index contributed by atoms with van der Waals surface area (Å²) in [6.45, 7) is 0.325. The minimum atomic E-state index is -2.98. The molecule has 0 saturated carbocycles. The van der Waals surface area contributed by atoms with Gasteiger partial charge in [0.25, 0.3) is 0 Å². The molecule has 0 radical (unpaired) electrons. The number of fused-ring (bicyclic) bond motifs is 1. The lowest BCUT2D eigenvalue weighted by Gasteiger charge is -2.00. The highest BCUT2D eigenvalue weighted by Gasteiger charge is 2.09. The molecule has 5 nitrogen and oxygen atoms in total. The molecule has 0 aliphatic rings. The molecule has 16 heavy (non-hydrogen) atoms. The van der Waals surface area contributed by atoms with Crippen molar-refractivity contribution in [2.45, 2.75) is 6.54 Å². The standard InChI is InChI=1S/C9H10BrN3O2S/c1-16(14,15)6-5-13-8-4-2-3-7(10)9(8)11-12-13/h2-4H,5-6H2,1H3. The van der Waals surface area contributed by atoms with Gasteiger partial charge in [-0.3, -0.25) is 0 Å². The summed E-state index contributed by atoms with van der Waals surface area (Å²) in [6, 6.07) is 5.60. The van der Waals surface area contributed by atoms with Crippen LogP contribution in [-0.2, 0) is 16.4 Å². The summed E-state index contributed by atoms with van der Waals surface area (Å²) in [4.78, 5) is 0. The smallest absolute Gasteiger partial charge is 0.149 e. The number of nitrogens with zero attached hydrogens (tertiary/aromatic N) is 3. The zero-order chi connectivity index (χ0) is 11.8. The van der Waals surface area contributed by atoms with Crippen molar-refractivity contribution in [2.24, 2.45) is 0 Å². The number of aromatic nitrogens is 3. The number of hydrogen-bond acceptors (Lipinski definition) is 4. The first-order valence-corrected chi connectivity index (χ1v) is 7.48. The van der Waals surface area contributed by atoms with Crippen molar-refractivity contribution in [1.82, 2.24) is 15.0 Å². The Bertz CT molecular complexity index is 621. The molecular formula is C9H10BrN3O2S. The van der Waals surface area contributed by atoms with Gasteiger partial charge >= 0.3 is 0 Å². The Labute approximate surface area is 101 Å². The van der Waals surface area contributed by atoms with E-state index in [1.807, 2.05) is 18.2 Å². The number of benzene rings is 1. The third kappa shape index (κ3) is 2.41. The first-order chi connectivity index (χ1) is 7.47. The van der Waals surface area contributed by atoms with E-state index in [1.165, 1.54) is 6.26 Å². The van der Waals surface area contributed by atoms with Gasteiger partial charge in [-0.05, 0) is 28.1 Å². The normalized spacial score (nSPS) is 12.1. The van der Waals surface area contributed by atoms with Crippen molar-refractivity contribution < 1.29 is 8.42 Å². The average Bonchev–Trinajstić information content (AvgIpc) is 2.58. The molecule has 0 amide bonds. The van der Waals surface area contributed by atoms with E-state index >= 15 is 0 Å². The van der Waals surface area contributed by atoms with Gasteiger partial charge in [0.2, 0.25) is 0 Å². The second-order valence-electron chi connectivity index (χ2n) is 3.55. The van der Waals surface area contributed by atoms with E-state index in [0.29, 0.717) is 6.54 Å². The van der Waals surface area contributed by atoms with Crippen LogP contribution in [0.25, 0.3) is 11.0 Å². The Morgan fingerprint density at radius 3 is 2.88 bits per heavy atom. The molecule has 1 heterocycles. The summed E-state index contributed by atoms with van der Waals surface area (Å²) in [6.07, 6.45) is 1.21. The van der Waals surface area contributed by atoms with E-state index in [2.05, 4.69) is 26.2 Å². The molecule has 0 atom stereocenters. The molecule has 1 aromatic heterocycles. The highest BCUT2D eigenvalue weighted by Crippen LogP contribution is 2.20. The van der Waals surface area contributed by atoms with Gasteiger partial charge in [-0.1, -0.05) is 11.3 Å². The van der Waals surface area contributed by atoms with Crippen molar-refractivity contribution in [3.05, 3.63) is 22.7 Å². The molecule has 7 heteroatoms. The highest BCUT2D eigenvalue weighted by atomic mass is 79.9. The predicted molar refractivity (Wildman–Crippen MR) is 64.9 cm³/mol. The van der Waals surface area contributed by atoms with Gasteiger partial charge in [-0.2, -0.15) is 0 Å². The van der Waals surface area contributed by atoms with Crippen molar-refractivity contribution in [1.29, 1.82) is 0 Å². The van der Waals surface area contributed by atoms with Crippen LogP contribution in [0, 0.1) is 0 Å². The van der Waals surface area contributed by atoms with Gasteiger partial charge in [-0.25, -0.2) is 13.1 Å². The molecule has 2 rings (SSSR count). The van der Waals surface area contributed by atoms with Crippen molar-refractivity contribution >= 4 is 36.8 Å².